The normalized spacial score (nSPS) is 19.9. The Labute approximate surface area is 186 Å². The van der Waals surface area contributed by atoms with E-state index in [4.69, 9.17) is 9.26 Å². The molecule has 1 saturated heterocycles. The number of imide groups is 1. The number of carbonyl (C=O) groups excluding carboxylic acids is 3. The van der Waals surface area contributed by atoms with Crippen molar-refractivity contribution in [3.8, 4) is 17.1 Å². The van der Waals surface area contributed by atoms with Crippen LogP contribution in [0.3, 0.4) is 0 Å². The van der Waals surface area contributed by atoms with Crippen LogP contribution >= 0.6 is 0 Å². The molecule has 0 radical (unpaired) electrons. The van der Waals surface area contributed by atoms with Crippen molar-refractivity contribution >= 4 is 17.7 Å². The summed E-state index contributed by atoms with van der Waals surface area (Å²) in [6.45, 7) is 0.450. The van der Waals surface area contributed by atoms with Gasteiger partial charge in [0.1, 0.15) is 5.75 Å². The van der Waals surface area contributed by atoms with Gasteiger partial charge >= 0.3 is 0 Å². The van der Waals surface area contributed by atoms with E-state index in [-0.39, 0.29) is 49.1 Å². The molecule has 0 bridgehead atoms. The number of aromatic nitrogens is 2. The Balaban J connectivity index is 1.26. The van der Waals surface area contributed by atoms with Gasteiger partial charge in [0, 0.05) is 25.6 Å². The molecular weight excluding hydrogens is 412 g/mol. The lowest BCUT2D eigenvalue weighted by atomic mass is 9.85. The Morgan fingerprint density at radius 1 is 1.16 bits per heavy atom. The second kappa shape index (κ2) is 9.33. The number of methoxy groups -OCH3 is 1. The molecule has 9 nitrogen and oxygen atoms in total. The summed E-state index contributed by atoms with van der Waals surface area (Å²) < 4.78 is 10.4. The van der Waals surface area contributed by atoms with Crippen molar-refractivity contribution in [1.82, 2.24) is 19.9 Å². The van der Waals surface area contributed by atoms with E-state index in [1.807, 2.05) is 36.4 Å². The van der Waals surface area contributed by atoms with Gasteiger partial charge in [-0.25, -0.2) is 0 Å². The molecule has 1 aliphatic carbocycles. The van der Waals surface area contributed by atoms with Crippen molar-refractivity contribution in [2.75, 3.05) is 20.7 Å². The highest BCUT2D eigenvalue weighted by atomic mass is 16.5. The Morgan fingerprint density at radius 2 is 1.81 bits per heavy atom. The van der Waals surface area contributed by atoms with E-state index in [0.717, 1.165) is 11.3 Å². The van der Waals surface area contributed by atoms with Gasteiger partial charge < -0.3 is 14.2 Å². The van der Waals surface area contributed by atoms with E-state index in [9.17, 15) is 14.4 Å². The Bertz CT molecular complexity index is 1000. The van der Waals surface area contributed by atoms with Crippen LogP contribution in [0, 0.1) is 11.8 Å². The first-order valence-corrected chi connectivity index (χ1v) is 10.7. The number of amides is 3. The van der Waals surface area contributed by atoms with Crippen molar-refractivity contribution in [2.24, 2.45) is 11.8 Å². The first kappa shape index (κ1) is 21.7. The van der Waals surface area contributed by atoms with Gasteiger partial charge in [0.25, 0.3) is 0 Å². The van der Waals surface area contributed by atoms with E-state index in [1.54, 1.807) is 14.2 Å². The highest BCUT2D eigenvalue weighted by Gasteiger charge is 2.46. The van der Waals surface area contributed by atoms with E-state index < -0.39 is 0 Å². The first-order valence-electron chi connectivity index (χ1n) is 10.7. The molecule has 1 fully saturated rings. The van der Waals surface area contributed by atoms with Gasteiger partial charge in [-0.3, -0.25) is 19.3 Å². The Kier molecular flexibility index (Phi) is 6.34. The fraction of sp³-hybridized carbons (Fsp3) is 0.435. The summed E-state index contributed by atoms with van der Waals surface area (Å²) in [5, 5.41) is 3.97. The van der Waals surface area contributed by atoms with Crippen LogP contribution in [-0.2, 0) is 20.9 Å². The minimum absolute atomic E-state index is 0.109. The van der Waals surface area contributed by atoms with Crippen LogP contribution in [0.25, 0.3) is 11.4 Å². The molecule has 1 aromatic heterocycles. The minimum Gasteiger partial charge on any atom is -0.497 e. The predicted octanol–water partition coefficient (Wildman–Crippen LogP) is 2.44. The molecule has 4 rings (SSSR count). The molecule has 2 aromatic rings. The summed E-state index contributed by atoms with van der Waals surface area (Å²) >= 11 is 0. The number of likely N-dealkylation sites (tertiary alicyclic amines) is 1. The number of rotatable bonds is 8. The fourth-order valence-corrected chi connectivity index (χ4v) is 4.14. The van der Waals surface area contributed by atoms with E-state index in [1.165, 1.54) is 9.80 Å². The quantitative estimate of drug-likeness (QED) is 0.460. The molecule has 0 saturated carbocycles. The molecule has 0 unspecified atom stereocenters. The third-order valence-electron chi connectivity index (χ3n) is 5.99. The van der Waals surface area contributed by atoms with E-state index >= 15 is 0 Å². The maximum atomic E-state index is 12.5. The van der Waals surface area contributed by atoms with Gasteiger partial charge in [-0.1, -0.05) is 17.3 Å². The molecule has 9 heteroatoms. The van der Waals surface area contributed by atoms with Crippen molar-refractivity contribution < 1.29 is 23.6 Å². The zero-order chi connectivity index (χ0) is 22.7. The Morgan fingerprint density at radius 3 is 2.44 bits per heavy atom. The summed E-state index contributed by atoms with van der Waals surface area (Å²) in [5.41, 5.74) is 0.783. The smallest absolute Gasteiger partial charge is 0.246 e. The van der Waals surface area contributed by atoms with Crippen LogP contribution in [0.5, 0.6) is 5.75 Å². The lowest BCUT2D eigenvalue weighted by molar-refractivity contribution is -0.140. The molecule has 1 aromatic carbocycles. The van der Waals surface area contributed by atoms with Gasteiger partial charge in [-0.15, -0.1) is 0 Å². The van der Waals surface area contributed by atoms with Crippen LogP contribution in [0.2, 0.25) is 0 Å². The molecule has 0 spiro atoms. The number of nitrogens with zero attached hydrogens (tertiary/aromatic N) is 4. The molecule has 2 heterocycles. The molecule has 0 N–H and O–H groups in total. The molecule has 1 aliphatic heterocycles. The van der Waals surface area contributed by atoms with Gasteiger partial charge in [0.15, 0.2) is 0 Å². The summed E-state index contributed by atoms with van der Waals surface area (Å²) in [7, 11) is 3.25. The maximum Gasteiger partial charge on any atom is 0.246 e. The lowest BCUT2D eigenvalue weighted by Crippen LogP contribution is -2.33. The topological polar surface area (TPSA) is 106 Å². The monoisotopic (exact) mass is 438 g/mol. The number of allylic oxidation sites excluding steroid dienone is 2. The predicted molar refractivity (Wildman–Crippen MR) is 114 cm³/mol. The van der Waals surface area contributed by atoms with Crippen LogP contribution in [0.1, 0.15) is 31.6 Å². The molecule has 2 aliphatic rings. The van der Waals surface area contributed by atoms with Crippen LogP contribution in [-0.4, -0.2) is 58.4 Å². The SMILES string of the molecule is COc1ccc(-c2noc(CN(C)C(=O)CCCN3C(=O)[C@@H]4CC=CC[C@H]4C3=O)n2)cc1. The molecule has 32 heavy (non-hydrogen) atoms. The van der Waals surface area contributed by atoms with Crippen LogP contribution in [0.15, 0.2) is 40.9 Å². The largest absolute Gasteiger partial charge is 0.497 e. The average Bonchev–Trinajstić information content (AvgIpc) is 3.37. The van der Waals surface area contributed by atoms with Gasteiger partial charge in [-0.2, -0.15) is 4.98 Å². The molecule has 168 valence electrons. The summed E-state index contributed by atoms with van der Waals surface area (Å²) in [5.74, 6) is 0.692. The van der Waals surface area contributed by atoms with Crippen molar-refractivity contribution in [3.05, 3.63) is 42.3 Å². The highest BCUT2D eigenvalue weighted by molar-refractivity contribution is 6.05. The number of fused-ring (bicyclic) bond motifs is 1. The molecule has 3 amide bonds. The van der Waals surface area contributed by atoms with E-state index in [0.29, 0.717) is 31.0 Å². The fourth-order valence-electron chi connectivity index (χ4n) is 4.14. The summed E-state index contributed by atoms with van der Waals surface area (Å²) in [6, 6.07) is 7.27. The van der Waals surface area contributed by atoms with Crippen molar-refractivity contribution in [1.29, 1.82) is 0 Å². The van der Waals surface area contributed by atoms with Crippen LogP contribution in [0.4, 0.5) is 0 Å². The van der Waals surface area contributed by atoms with Crippen molar-refractivity contribution in [2.45, 2.75) is 32.2 Å². The second-order valence-corrected chi connectivity index (χ2v) is 8.08. The third-order valence-corrected chi connectivity index (χ3v) is 5.99. The summed E-state index contributed by atoms with van der Waals surface area (Å²) in [6.07, 6.45) is 5.82. The summed E-state index contributed by atoms with van der Waals surface area (Å²) in [4.78, 5) is 44.7. The zero-order valence-electron chi connectivity index (χ0n) is 18.2. The van der Waals surface area contributed by atoms with Crippen molar-refractivity contribution in [3.63, 3.8) is 0 Å². The lowest BCUT2D eigenvalue weighted by Gasteiger charge is -2.17. The molecular formula is C23H26N4O5. The molecule has 2 atom stereocenters. The van der Waals surface area contributed by atoms with Gasteiger partial charge in [0.2, 0.25) is 29.4 Å². The zero-order valence-corrected chi connectivity index (χ0v) is 18.2. The standard InChI is InChI=1S/C23H26N4O5/c1-26(14-19-24-21(25-32-19)15-9-11-16(31-2)12-10-15)20(28)8-5-13-27-22(29)17-6-3-4-7-18(17)23(27)30/h3-4,9-12,17-18H,5-8,13-14H2,1-2H3/t17-,18-/m1/s1. The Hall–Kier alpha value is -3.49. The highest BCUT2D eigenvalue weighted by Crippen LogP contribution is 2.35. The maximum absolute atomic E-state index is 12.5. The number of hydrogen-bond donors (Lipinski definition) is 0. The van der Waals surface area contributed by atoms with E-state index in [2.05, 4.69) is 10.1 Å². The minimum atomic E-state index is -0.233. The number of benzene rings is 1. The number of hydrogen-bond acceptors (Lipinski definition) is 7. The first-order chi connectivity index (χ1) is 15.5. The van der Waals surface area contributed by atoms with Gasteiger partial charge in [-0.05, 0) is 43.5 Å². The van der Waals surface area contributed by atoms with Crippen LogP contribution < -0.4 is 4.74 Å². The number of ether oxygens (including phenoxy) is 1. The third kappa shape index (κ3) is 4.42. The number of carbonyl (C=O) groups is 3. The second-order valence-electron chi connectivity index (χ2n) is 8.08. The van der Waals surface area contributed by atoms with Gasteiger partial charge in [0.05, 0.1) is 25.5 Å². The average molecular weight is 438 g/mol.